The van der Waals surface area contributed by atoms with Crippen molar-refractivity contribution < 1.29 is 0 Å². The molecule has 0 amide bonds. The zero-order chi connectivity index (χ0) is 8.27. The maximum atomic E-state index is 4.21. The fourth-order valence-corrected chi connectivity index (χ4v) is 1.42. The summed E-state index contributed by atoms with van der Waals surface area (Å²) in [4.78, 5) is 0. The van der Waals surface area contributed by atoms with E-state index in [0.717, 1.165) is 6.54 Å². The van der Waals surface area contributed by atoms with E-state index in [0.29, 0.717) is 0 Å². The van der Waals surface area contributed by atoms with Gasteiger partial charge in [0, 0.05) is 12.2 Å². The summed E-state index contributed by atoms with van der Waals surface area (Å²) in [5.41, 5.74) is 2.79. The van der Waals surface area contributed by atoms with Gasteiger partial charge in [-0.1, -0.05) is 13.8 Å². The molecule has 0 aromatic carbocycles. The minimum atomic E-state index is 1.13. The van der Waals surface area contributed by atoms with Crippen LogP contribution in [0.2, 0.25) is 0 Å². The Morgan fingerprint density at radius 1 is 1.45 bits per heavy atom. The summed E-state index contributed by atoms with van der Waals surface area (Å²) in [6.07, 6.45) is 4.46. The van der Waals surface area contributed by atoms with Gasteiger partial charge in [0.05, 0.1) is 6.20 Å². The molecule has 1 aromatic rings. The fourth-order valence-electron chi connectivity index (χ4n) is 1.42. The standard InChI is InChI=1S/C7H10N2.C2H6/c1-6-5-8-9-4-2-3-7(6)9;1-2/h5H,2-4H2,1H3;1-2H3. The molecule has 2 nitrogen and oxygen atoms in total. The maximum Gasteiger partial charge on any atom is 0.0521 e. The second-order valence-corrected chi connectivity index (χ2v) is 2.60. The highest BCUT2D eigenvalue weighted by Crippen LogP contribution is 2.16. The number of fused-ring (bicyclic) bond motifs is 1. The van der Waals surface area contributed by atoms with Crippen LogP contribution in [0.25, 0.3) is 0 Å². The van der Waals surface area contributed by atoms with E-state index in [9.17, 15) is 0 Å². The maximum absolute atomic E-state index is 4.21. The van der Waals surface area contributed by atoms with E-state index in [-0.39, 0.29) is 0 Å². The van der Waals surface area contributed by atoms with Crippen LogP contribution in [-0.2, 0) is 13.0 Å². The van der Waals surface area contributed by atoms with Crippen LogP contribution in [0.1, 0.15) is 31.5 Å². The zero-order valence-corrected chi connectivity index (χ0v) is 7.59. The SMILES string of the molecule is CC.Cc1cnn2c1CCC2. The summed E-state index contributed by atoms with van der Waals surface area (Å²) in [5, 5.41) is 4.21. The lowest BCUT2D eigenvalue weighted by Gasteiger charge is -1.90. The van der Waals surface area contributed by atoms with E-state index in [1.165, 1.54) is 24.1 Å². The van der Waals surface area contributed by atoms with E-state index >= 15 is 0 Å². The van der Waals surface area contributed by atoms with Gasteiger partial charge in [0.25, 0.3) is 0 Å². The van der Waals surface area contributed by atoms with Crippen LogP contribution in [0.15, 0.2) is 6.20 Å². The van der Waals surface area contributed by atoms with Crippen molar-refractivity contribution in [3.63, 3.8) is 0 Å². The Morgan fingerprint density at radius 3 is 2.82 bits per heavy atom. The molecule has 0 atom stereocenters. The first-order chi connectivity index (χ1) is 5.38. The predicted molar refractivity (Wildman–Crippen MR) is 46.6 cm³/mol. The molecule has 0 unspecified atom stereocenters. The average Bonchev–Trinajstić information content (AvgIpc) is 2.60. The summed E-state index contributed by atoms with van der Waals surface area (Å²) in [5.74, 6) is 0. The summed E-state index contributed by atoms with van der Waals surface area (Å²) >= 11 is 0. The molecular formula is C9H16N2. The first kappa shape index (κ1) is 8.31. The Hall–Kier alpha value is -0.790. The van der Waals surface area contributed by atoms with Gasteiger partial charge in [-0.15, -0.1) is 0 Å². The van der Waals surface area contributed by atoms with Crippen LogP contribution in [0.3, 0.4) is 0 Å². The number of aromatic nitrogens is 2. The van der Waals surface area contributed by atoms with Crippen molar-refractivity contribution in [2.75, 3.05) is 0 Å². The molecule has 0 aliphatic carbocycles. The number of nitrogens with zero attached hydrogens (tertiary/aromatic N) is 2. The van der Waals surface area contributed by atoms with Gasteiger partial charge in [0.1, 0.15) is 0 Å². The van der Waals surface area contributed by atoms with Crippen molar-refractivity contribution in [3.05, 3.63) is 17.5 Å². The van der Waals surface area contributed by atoms with Gasteiger partial charge in [0.15, 0.2) is 0 Å². The third-order valence-electron chi connectivity index (χ3n) is 1.94. The normalized spacial score (nSPS) is 13.7. The highest BCUT2D eigenvalue weighted by molar-refractivity contribution is 5.17. The fraction of sp³-hybridized carbons (Fsp3) is 0.667. The van der Waals surface area contributed by atoms with Gasteiger partial charge in [0.2, 0.25) is 0 Å². The first-order valence-corrected chi connectivity index (χ1v) is 4.39. The zero-order valence-electron chi connectivity index (χ0n) is 7.59. The van der Waals surface area contributed by atoms with Crippen LogP contribution >= 0.6 is 0 Å². The summed E-state index contributed by atoms with van der Waals surface area (Å²) in [7, 11) is 0. The number of hydrogen-bond donors (Lipinski definition) is 0. The van der Waals surface area contributed by atoms with Crippen molar-refractivity contribution in [1.29, 1.82) is 0 Å². The van der Waals surface area contributed by atoms with Gasteiger partial charge >= 0.3 is 0 Å². The highest BCUT2D eigenvalue weighted by atomic mass is 15.3. The molecule has 2 heteroatoms. The Balaban J connectivity index is 0.000000281. The minimum Gasteiger partial charge on any atom is -0.269 e. The van der Waals surface area contributed by atoms with Crippen molar-refractivity contribution >= 4 is 0 Å². The van der Waals surface area contributed by atoms with Crippen LogP contribution in [-0.4, -0.2) is 9.78 Å². The quantitative estimate of drug-likeness (QED) is 0.557. The summed E-state index contributed by atoms with van der Waals surface area (Å²) < 4.78 is 2.11. The second kappa shape index (κ2) is 3.56. The molecule has 0 saturated heterocycles. The molecule has 0 radical (unpaired) electrons. The van der Waals surface area contributed by atoms with Gasteiger partial charge < -0.3 is 0 Å². The Morgan fingerprint density at radius 2 is 2.18 bits per heavy atom. The molecule has 0 saturated carbocycles. The molecule has 0 bridgehead atoms. The van der Waals surface area contributed by atoms with Crippen LogP contribution in [0.4, 0.5) is 0 Å². The van der Waals surface area contributed by atoms with Gasteiger partial charge in [-0.25, -0.2) is 0 Å². The molecule has 1 aliphatic heterocycles. The van der Waals surface area contributed by atoms with E-state index in [1.807, 2.05) is 20.0 Å². The van der Waals surface area contributed by atoms with Crippen LogP contribution < -0.4 is 0 Å². The van der Waals surface area contributed by atoms with Crippen molar-refractivity contribution in [3.8, 4) is 0 Å². The van der Waals surface area contributed by atoms with Gasteiger partial charge in [-0.05, 0) is 25.3 Å². The molecule has 0 N–H and O–H groups in total. The van der Waals surface area contributed by atoms with Gasteiger partial charge in [-0.3, -0.25) is 4.68 Å². The Kier molecular flexibility index (Phi) is 2.69. The molecule has 11 heavy (non-hydrogen) atoms. The molecule has 1 aliphatic rings. The number of aryl methyl sites for hydroxylation is 2. The largest absolute Gasteiger partial charge is 0.269 e. The average molecular weight is 152 g/mol. The molecule has 62 valence electrons. The van der Waals surface area contributed by atoms with Gasteiger partial charge in [-0.2, -0.15) is 5.10 Å². The van der Waals surface area contributed by atoms with E-state index in [1.54, 1.807) is 0 Å². The number of rotatable bonds is 0. The lowest BCUT2D eigenvalue weighted by molar-refractivity contribution is 0.656. The van der Waals surface area contributed by atoms with Crippen molar-refractivity contribution in [2.24, 2.45) is 0 Å². The number of hydrogen-bond acceptors (Lipinski definition) is 1. The Labute approximate surface area is 68.2 Å². The molecule has 0 spiro atoms. The lowest BCUT2D eigenvalue weighted by Crippen LogP contribution is -1.92. The Bertz CT molecular complexity index is 225. The predicted octanol–water partition coefficient (Wildman–Crippen LogP) is 2.16. The second-order valence-electron chi connectivity index (χ2n) is 2.60. The molecule has 1 aromatic heterocycles. The third-order valence-corrected chi connectivity index (χ3v) is 1.94. The third kappa shape index (κ3) is 1.44. The minimum absolute atomic E-state index is 1.13. The monoisotopic (exact) mass is 152 g/mol. The summed E-state index contributed by atoms with van der Waals surface area (Å²) in [6, 6.07) is 0. The van der Waals surface area contributed by atoms with E-state index in [2.05, 4.69) is 16.7 Å². The van der Waals surface area contributed by atoms with E-state index < -0.39 is 0 Å². The van der Waals surface area contributed by atoms with E-state index in [4.69, 9.17) is 0 Å². The van der Waals surface area contributed by atoms with Crippen molar-refractivity contribution in [2.45, 2.75) is 40.2 Å². The van der Waals surface area contributed by atoms with Crippen LogP contribution in [0.5, 0.6) is 0 Å². The van der Waals surface area contributed by atoms with Crippen LogP contribution in [0, 0.1) is 6.92 Å². The molecule has 2 heterocycles. The molecule has 0 fully saturated rings. The topological polar surface area (TPSA) is 17.8 Å². The molecular weight excluding hydrogens is 136 g/mol. The highest BCUT2D eigenvalue weighted by Gasteiger charge is 2.12. The summed E-state index contributed by atoms with van der Waals surface area (Å²) in [6.45, 7) is 7.26. The van der Waals surface area contributed by atoms with Crippen molar-refractivity contribution in [1.82, 2.24) is 9.78 Å². The molecule has 2 rings (SSSR count). The smallest absolute Gasteiger partial charge is 0.0521 e. The first-order valence-electron chi connectivity index (χ1n) is 4.39. The lowest BCUT2D eigenvalue weighted by atomic mass is 10.2.